The molecule has 0 radical (unpaired) electrons. The van der Waals surface area contributed by atoms with Crippen LogP contribution in [0.15, 0.2) is 24.3 Å². The van der Waals surface area contributed by atoms with E-state index in [0.717, 1.165) is 5.56 Å². The van der Waals surface area contributed by atoms with Gasteiger partial charge in [-0.15, -0.1) is 0 Å². The normalized spacial score (nSPS) is 12.2. The van der Waals surface area contributed by atoms with Crippen molar-refractivity contribution in [2.24, 2.45) is 0 Å². The van der Waals surface area contributed by atoms with Gasteiger partial charge in [-0.25, -0.2) is 0 Å². The molecule has 5 heteroatoms. The molecule has 0 aliphatic rings. The van der Waals surface area contributed by atoms with Gasteiger partial charge in [0, 0.05) is 11.6 Å². The number of carbonyl (C=O) groups is 1. The van der Waals surface area contributed by atoms with Crippen LogP contribution in [0.3, 0.4) is 0 Å². The molecule has 17 heavy (non-hydrogen) atoms. The molecule has 0 saturated carbocycles. The van der Waals surface area contributed by atoms with Crippen LogP contribution in [-0.4, -0.2) is 30.3 Å². The number of hydrogen-bond acceptors (Lipinski definition) is 3. The predicted octanol–water partition coefficient (Wildman–Crippen LogP) is 1.35. The molecule has 1 atom stereocenters. The van der Waals surface area contributed by atoms with Gasteiger partial charge in [-0.05, 0) is 18.6 Å². The SMILES string of the molecule is CC(O)CNC(=O)COCc1ccccc1Cl. The molecule has 1 rings (SSSR count). The van der Waals surface area contributed by atoms with Crippen LogP contribution in [-0.2, 0) is 16.1 Å². The Morgan fingerprint density at radius 2 is 2.24 bits per heavy atom. The number of nitrogens with one attached hydrogen (secondary N) is 1. The topological polar surface area (TPSA) is 58.6 Å². The van der Waals surface area contributed by atoms with Crippen molar-refractivity contribution in [3.05, 3.63) is 34.9 Å². The van der Waals surface area contributed by atoms with Crippen molar-refractivity contribution in [2.75, 3.05) is 13.2 Å². The molecule has 4 nitrogen and oxygen atoms in total. The Balaban J connectivity index is 2.24. The first-order valence-electron chi connectivity index (χ1n) is 5.35. The number of halogens is 1. The van der Waals surface area contributed by atoms with E-state index in [0.29, 0.717) is 11.6 Å². The van der Waals surface area contributed by atoms with Crippen molar-refractivity contribution >= 4 is 17.5 Å². The molecule has 1 aromatic carbocycles. The molecular weight excluding hydrogens is 242 g/mol. The zero-order valence-corrected chi connectivity index (χ0v) is 10.4. The minimum Gasteiger partial charge on any atom is -0.392 e. The second kappa shape index (κ2) is 7.27. The van der Waals surface area contributed by atoms with Gasteiger partial charge in [0.05, 0.1) is 12.7 Å². The molecule has 0 aliphatic heterocycles. The van der Waals surface area contributed by atoms with Crippen LogP contribution in [0.5, 0.6) is 0 Å². The molecule has 0 aliphatic carbocycles. The van der Waals surface area contributed by atoms with Crippen molar-refractivity contribution in [1.29, 1.82) is 0 Å². The number of rotatable bonds is 6. The third kappa shape index (κ3) is 5.68. The summed E-state index contributed by atoms with van der Waals surface area (Å²) in [6, 6.07) is 7.31. The Morgan fingerprint density at radius 1 is 1.53 bits per heavy atom. The van der Waals surface area contributed by atoms with Crippen molar-refractivity contribution in [1.82, 2.24) is 5.32 Å². The Morgan fingerprint density at radius 3 is 2.88 bits per heavy atom. The number of aliphatic hydroxyl groups is 1. The number of ether oxygens (including phenoxy) is 1. The highest BCUT2D eigenvalue weighted by Crippen LogP contribution is 2.15. The van der Waals surface area contributed by atoms with Crippen LogP contribution in [0.4, 0.5) is 0 Å². The lowest BCUT2D eigenvalue weighted by Crippen LogP contribution is -2.33. The summed E-state index contributed by atoms with van der Waals surface area (Å²) in [5.41, 5.74) is 0.845. The molecule has 1 amide bonds. The average Bonchev–Trinajstić information content (AvgIpc) is 2.29. The van der Waals surface area contributed by atoms with E-state index in [-0.39, 0.29) is 19.1 Å². The van der Waals surface area contributed by atoms with Gasteiger partial charge in [0.15, 0.2) is 0 Å². The molecule has 2 N–H and O–H groups in total. The number of benzene rings is 1. The Bertz CT molecular complexity index is 369. The molecular formula is C12H16ClNO3. The van der Waals surface area contributed by atoms with Crippen LogP contribution >= 0.6 is 11.6 Å². The zero-order chi connectivity index (χ0) is 12.7. The van der Waals surface area contributed by atoms with Gasteiger partial charge < -0.3 is 15.2 Å². The first kappa shape index (κ1) is 14.0. The first-order valence-corrected chi connectivity index (χ1v) is 5.73. The van der Waals surface area contributed by atoms with Crippen LogP contribution in [0.2, 0.25) is 5.02 Å². The Labute approximate surface area is 106 Å². The molecule has 0 aromatic heterocycles. The van der Waals surface area contributed by atoms with Crippen molar-refractivity contribution < 1.29 is 14.6 Å². The number of amides is 1. The molecule has 0 saturated heterocycles. The maximum atomic E-state index is 11.2. The van der Waals surface area contributed by atoms with E-state index in [1.165, 1.54) is 0 Å². The monoisotopic (exact) mass is 257 g/mol. The molecule has 1 aromatic rings. The van der Waals surface area contributed by atoms with E-state index >= 15 is 0 Å². The van der Waals surface area contributed by atoms with Crippen LogP contribution in [0, 0.1) is 0 Å². The lowest BCUT2D eigenvalue weighted by Gasteiger charge is -2.08. The summed E-state index contributed by atoms with van der Waals surface area (Å²) in [5, 5.41) is 12.1. The van der Waals surface area contributed by atoms with Gasteiger partial charge in [-0.3, -0.25) is 4.79 Å². The van der Waals surface area contributed by atoms with Crippen molar-refractivity contribution in [3.63, 3.8) is 0 Å². The standard InChI is InChI=1S/C12H16ClNO3/c1-9(15)6-14-12(16)8-17-7-10-4-2-3-5-11(10)13/h2-5,9,15H,6-8H2,1H3,(H,14,16). The van der Waals surface area contributed by atoms with E-state index in [9.17, 15) is 4.79 Å². The summed E-state index contributed by atoms with van der Waals surface area (Å²) in [6.07, 6.45) is -0.553. The van der Waals surface area contributed by atoms with E-state index < -0.39 is 6.10 Å². The molecule has 0 fully saturated rings. The predicted molar refractivity (Wildman–Crippen MR) is 65.8 cm³/mol. The number of aliphatic hydroxyl groups excluding tert-OH is 1. The molecule has 0 heterocycles. The second-order valence-electron chi connectivity index (χ2n) is 3.74. The fourth-order valence-corrected chi connectivity index (χ4v) is 1.37. The van der Waals surface area contributed by atoms with Gasteiger partial charge in [-0.2, -0.15) is 0 Å². The Hall–Kier alpha value is -1.10. The summed E-state index contributed by atoms with van der Waals surface area (Å²) < 4.78 is 5.22. The summed E-state index contributed by atoms with van der Waals surface area (Å²) in [5.74, 6) is -0.252. The van der Waals surface area contributed by atoms with Crippen LogP contribution in [0.1, 0.15) is 12.5 Å². The fourth-order valence-electron chi connectivity index (χ4n) is 1.18. The quantitative estimate of drug-likeness (QED) is 0.809. The van der Waals surface area contributed by atoms with Gasteiger partial charge in [0.2, 0.25) is 5.91 Å². The third-order valence-electron chi connectivity index (χ3n) is 2.04. The highest BCUT2D eigenvalue weighted by Gasteiger charge is 2.04. The largest absolute Gasteiger partial charge is 0.392 e. The molecule has 0 bridgehead atoms. The fraction of sp³-hybridized carbons (Fsp3) is 0.417. The maximum absolute atomic E-state index is 11.2. The van der Waals surface area contributed by atoms with Crippen LogP contribution < -0.4 is 5.32 Å². The Kier molecular flexibility index (Phi) is 5.97. The first-order chi connectivity index (χ1) is 8.09. The summed E-state index contributed by atoms with van der Waals surface area (Å²) in [4.78, 5) is 11.2. The van der Waals surface area contributed by atoms with Gasteiger partial charge >= 0.3 is 0 Å². The number of carbonyl (C=O) groups excluding carboxylic acids is 1. The second-order valence-corrected chi connectivity index (χ2v) is 4.14. The average molecular weight is 258 g/mol. The van der Waals surface area contributed by atoms with Gasteiger partial charge in [0.25, 0.3) is 0 Å². The minimum absolute atomic E-state index is 0.0437. The van der Waals surface area contributed by atoms with Crippen LogP contribution in [0.25, 0.3) is 0 Å². The minimum atomic E-state index is -0.553. The van der Waals surface area contributed by atoms with E-state index in [1.807, 2.05) is 18.2 Å². The highest BCUT2D eigenvalue weighted by atomic mass is 35.5. The number of hydrogen-bond donors (Lipinski definition) is 2. The van der Waals surface area contributed by atoms with Gasteiger partial charge in [-0.1, -0.05) is 29.8 Å². The summed E-state index contributed by atoms with van der Waals surface area (Å²) in [6.45, 7) is 2.08. The smallest absolute Gasteiger partial charge is 0.246 e. The maximum Gasteiger partial charge on any atom is 0.246 e. The summed E-state index contributed by atoms with van der Waals surface area (Å²) >= 11 is 5.93. The van der Waals surface area contributed by atoms with Gasteiger partial charge in [0.1, 0.15) is 6.61 Å². The molecule has 94 valence electrons. The molecule has 1 unspecified atom stereocenters. The highest BCUT2D eigenvalue weighted by molar-refractivity contribution is 6.31. The molecule has 0 spiro atoms. The van der Waals surface area contributed by atoms with E-state index in [1.54, 1.807) is 13.0 Å². The third-order valence-corrected chi connectivity index (χ3v) is 2.41. The lowest BCUT2D eigenvalue weighted by atomic mass is 10.2. The summed E-state index contributed by atoms with van der Waals surface area (Å²) in [7, 11) is 0. The van der Waals surface area contributed by atoms with Crippen molar-refractivity contribution in [2.45, 2.75) is 19.6 Å². The van der Waals surface area contributed by atoms with E-state index in [4.69, 9.17) is 21.4 Å². The van der Waals surface area contributed by atoms with Crippen molar-refractivity contribution in [3.8, 4) is 0 Å². The lowest BCUT2D eigenvalue weighted by molar-refractivity contribution is -0.126. The zero-order valence-electron chi connectivity index (χ0n) is 9.65. The van der Waals surface area contributed by atoms with E-state index in [2.05, 4.69) is 5.32 Å².